The molecule has 12 nitrogen and oxygen atoms in total. The zero-order chi connectivity index (χ0) is 25.1. The van der Waals surface area contributed by atoms with Gasteiger partial charge < -0.3 is 25.2 Å². The fraction of sp³-hybridized carbons (Fsp3) is 0.333. The summed E-state index contributed by atoms with van der Waals surface area (Å²) in [6, 6.07) is 10.8. The summed E-state index contributed by atoms with van der Waals surface area (Å²) in [5.41, 5.74) is 2.44. The minimum atomic E-state index is -0.678. The number of nitrogens with one attached hydrogen (secondary N) is 3. The van der Waals surface area contributed by atoms with Gasteiger partial charge in [0.15, 0.2) is 11.6 Å². The molecule has 5 rings (SSSR count). The fourth-order valence-corrected chi connectivity index (χ4v) is 4.07. The minimum absolute atomic E-state index is 0.111. The van der Waals surface area contributed by atoms with Crippen molar-refractivity contribution in [3.8, 4) is 11.4 Å². The molecule has 4 aromatic heterocycles. The van der Waals surface area contributed by atoms with E-state index in [0.717, 1.165) is 24.2 Å². The smallest absolute Gasteiger partial charge is 0.270 e. The van der Waals surface area contributed by atoms with Crippen molar-refractivity contribution in [2.75, 3.05) is 23.3 Å². The normalized spacial score (nSPS) is 16.2. The summed E-state index contributed by atoms with van der Waals surface area (Å²) in [4.78, 5) is 28.4. The summed E-state index contributed by atoms with van der Waals surface area (Å²) in [5, 5.41) is 26.7. The topological polar surface area (TPSA) is 158 Å². The van der Waals surface area contributed by atoms with Crippen molar-refractivity contribution in [1.82, 2.24) is 35.6 Å². The monoisotopic (exact) mass is 489 g/mol. The van der Waals surface area contributed by atoms with E-state index in [4.69, 9.17) is 4.52 Å². The first-order valence-electron chi connectivity index (χ1n) is 11.8. The first-order valence-corrected chi connectivity index (χ1v) is 11.8. The van der Waals surface area contributed by atoms with Crippen LogP contribution < -0.4 is 15.5 Å². The Morgan fingerprint density at radius 1 is 1.25 bits per heavy atom. The van der Waals surface area contributed by atoms with Crippen molar-refractivity contribution in [3.05, 3.63) is 59.7 Å². The Bertz CT molecular complexity index is 1340. The zero-order valence-corrected chi connectivity index (χ0v) is 20.0. The largest absolute Gasteiger partial charge is 0.392 e. The Kier molecular flexibility index (Phi) is 6.58. The molecule has 1 fully saturated rings. The van der Waals surface area contributed by atoms with Gasteiger partial charge in [0, 0.05) is 43.2 Å². The molecule has 4 N–H and O–H groups in total. The van der Waals surface area contributed by atoms with E-state index in [9.17, 15) is 9.90 Å². The van der Waals surface area contributed by atoms with E-state index >= 15 is 0 Å². The molecule has 5 heterocycles. The third kappa shape index (κ3) is 5.18. The highest BCUT2D eigenvalue weighted by Gasteiger charge is 2.32. The number of nitrogens with zero attached hydrogens (tertiary/aromatic N) is 6. The second-order valence-corrected chi connectivity index (χ2v) is 8.74. The molecule has 0 saturated carbocycles. The number of pyridine rings is 1. The average Bonchev–Trinajstić information content (AvgIpc) is 3.63. The number of aryl methyl sites for hydroxylation is 1. The molecular weight excluding hydrogens is 462 g/mol. The van der Waals surface area contributed by atoms with Gasteiger partial charge in [0.25, 0.3) is 5.91 Å². The molecule has 1 aliphatic heterocycles. The van der Waals surface area contributed by atoms with E-state index in [1.165, 1.54) is 0 Å². The van der Waals surface area contributed by atoms with Gasteiger partial charge in [-0.1, -0.05) is 11.2 Å². The van der Waals surface area contributed by atoms with Crippen molar-refractivity contribution in [3.63, 3.8) is 0 Å². The van der Waals surface area contributed by atoms with Gasteiger partial charge in [-0.3, -0.25) is 14.9 Å². The molecule has 2 atom stereocenters. The Morgan fingerprint density at radius 3 is 2.89 bits per heavy atom. The maximum absolute atomic E-state index is 12.8. The fourth-order valence-electron chi connectivity index (χ4n) is 4.07. The number of rotatable bonds is 8. The lowest BCUT2D eigenvalue weighted by Gasteiger charge is -2.23. The third-order valence-electron chi connectivity index (χ3n) is 5.76. The number of anilines is 3. The van der Waals surface area contributed by atoms with Gasteiger partial charge in [0.05, 0.1) is 17.8 Å². The van der Waals surface area contributed by atoms with Crippen LogP contribution in [0.3, 0.4) is 0 Å². The van der Waals surface area contributed by atoms with E-state index in [1.807, 2.05) is 42.2 Å². The van der Waals surface area contributed by atoms with E-state index in [1.54, 1.807) is 19.2 Å². The van der Waals surface area contributed by atoms with Crippen molar-refractivity contribution >= 4 is 23.5 Å². The average molecular weight is 490 g/mol. The summed E-state index contributed by atoms with van der Waals surface area (Å²) < 4.78 is 5.70. The molecule has 36 heavy (non-hydrogen) atoms. The van der Waals surface area contributed by atoms with Crippen molar-refractivity contribution in [2.24, 2.45) is 0 Å². The lowest BCUT2D eigenvalue weighted by molar-refractivity contribution is 0.0919. The van der Waals surface area contributed by atoms with Gasteiger partial charge in [-0.25, -0.2) is 4.98 Å². The van der Waals surface area contributed by atoms with Crippen LogP contribution in [0.5, 0.6) is 0 Å². The number of carbonyl (C=O) groups excluding carboxylic acids is 1. The molecule has 0 aliphatic carbocycles. The highest BCUT2D eigenvalue weighted by atomic mass is 16.5. The predicted octanol–water partition coefficient (Wildman–Crippen LogP) is 2.75. The van der Waals surface area contributed by atoms with Crippen LogP contribution in [0.4, 0.5) is 17.6 Å². The Hall–Kier alpha value is -4.32. The maximum atomic E-state index is 12.8. The van der Waals surface area contributed by atoms with Gasteiger partial charge in [-0.05, 0) is 38.8 Å². The van der Waals surface area contributed by atoms with Crippen molar-refractivity contribution < 1.29 is 14.4 Å². The van der Waals surface area contributed by atoms with Crippen molar-refractivity contribution in [1.29, 1.82) is 0 Å². The summed E-state index contributed by atoms with van der Waals surface area (Å²) in [7, 11) is 0. The number of hydrogen-bond acceptors (Lipinski definition) is 10. The second kappa shape index (κ2) is 10.1. The lowest BCUT2D eigenvalue weighted by Crippen LogP contribution is -2.32. The molecule has 0 aromatic carbocycles. The summed E-state index contributed by atoms with van der Waals surface area (Å²) in [6.45, 7) is 4.29. The summed E-state index contributed by atoms with van der Waals surface area (Å²) >= 11 is 0. The Morgan fingerprint density at radius 2 is 2.14 bits per heavy atom. The van der Waals surface area contributed by atoms with E-state index < -0.39 is 12.0 Å². The molecule has 12 heteroatoms. The molecule has 0 bridgehead atoms. The maximum Gasteiger partial charge on any atom is 0.270 e. The van der Waals surface area contributed by atoms with Gasteiger partial charge in [0.2, 0.25) is 5.95 Å². The highest BCUT2D eigenvalue weighted by Crippen LogP contribution is 2.36. The molecule has 2 unspecified atom stereocenters. The predicted molar refractivity (Wildman–Crippen MR) is 132 cm³/mol. The van der Waals surface area contributed by atoms with Crippen LogP contribution in [0.25, 0.3) is 11.4 Å². The minimum Gasteiger partial charge on any atom is -0.392 e. The molecular formula is C24H27N9O3. The summed E-state index contributed by atoms with van der Waals surface area (Å²) in [6.07, 6.45) is 2.75. The molecule has 1 amide bonds. The number of aromatic nitrogens is 6. The van der Waals surface area contributed by atoms with Crippen LogP contribution in [0.2, 0.25) is 0 Å². The standard InChI is InChI=1S/C24H27N9O3/c1-14-10-22(31-30-14)28-21-12-18(23(35)26-13-15(2)34)27-24(29-21)33-9-5-7-19(33)20-11-17(32-36-20)16-6-3-4-8-25-16/h3-4,6,8,10-12,15,19,34H,5,7,9,13H2,1-2H3,(H,26,35)(H2,27,28,29,30,31). The van der Waals surface area contributed by atoms with E-state index in [2.05, 4.69) is 40.9 Å². The molecule has 1 aliphatic rings. The van der Waals surface area contributed by atoms with Gasteiger partial charge in [-0.2, -0.15) is 10.1 Å². The first-order chi connectivity index (χ1) is 17.5. The van der Waals surface area contributed by atoms with E-state index in [0.29, 0.717) is 35.6 Å². The number of hydrogen-bond donors (Lipinski definition) is 4. The molecule has 4 aromatic rings. The van der Waals surface area contributed by atoms with Gasteiger partial charge in [-0.15, -0.1) is 0 Å². The van der Waals surface area contributed by atoms with E-state index in [-0.39, 0.29) is 18.3 Å². The zero-order valence-electron chi connectivity index (χ0n) is 20.0. The quantitative estimate of drug-likeness (QED) is 0.290. The van der Waals surface area contributed by atoms with Crippen LogP contribution in [-0.4, -0.2) is 60.5 Å². The first kappa shape index (κ1) is 23.4. The SMILES string of the molecule is Cc1cc(Nc2cc(C(=O)NCC(C)O)nc(N3CCCC3c3cc(-c4ccccn4)no3)n2)n[nH]1. The third-order valence-corrected chi connectivity index (χ3v) is 5.76. The van der Waals surface area contributed by atoms with Crippen LogP contribution in [0.15, 0.2) is 47.1 Å². The number of amides is 1. The van der Waals surface area contributed by atoms with Crippen LogP contribution in [0.1, 0.15) is 47.7 Å². The lowest BCUT2D eigenvalue weighted by atomic mass is 10.1. The van der Waals surface area contributed by atoms with Crippen LogP contribution in [-0.2, 0) is 0 Å². The van der Waals surface area contributed by atoms with Crippen LogP contribution >= 0.6 is 0 Å². The van der Waals surface area contributed by atoms with Gasteiger partial charge >= 0.3 is 0 Å². The highest BCUT2D eigenvalue weighted by molar-refractivity contribution is 5.93. The number of H-pyrrole nitrogens is 1. The van der Waals surface area contributed by atoms with Crippen molar-refractivity contribution in [2.45, 2.75) is 38.8 Å². The Labute approximate surface area is 207 Å². The summed E-state index contributed by atoms with van der Waals surface area (Å²) in [5.74, 6) is 1.64. The molecule has 186 valence electrons. The molecule has 0 radical (unpaired) electrons. The number of carbonyl (C=O) groups is 1. The second-order valence-electron chi connectivity index (χ2n) is 8.74. The van der Waals surface area contributed by atoms with Gasteiger partial charge in [0.1, 0.15) is 17.2 Å². The molecule has 0 spiro atoms. The van der Waals surface area contributed by atoms with Crippen LogP contribution in [0, 0.1) is 6.92 Å². The number of aromatic amines is 1. The Balaban J connectivity index is 1.46. The number of aliphatic hydroxyl groups is 1. The molecule has 1 saturated heterocycles. The number of aliphatic hydroxyl groups excluding tert-OH is 1.